The lowest BCUT2D eigenvalue weighted by molar-refractivity contribution is 0.911. The van der Waals surface area contributed by atoms with Crippen LogP contribution in [0.3, 0.4) is 0 Å². The van der Waals surface area contributed by atoms with Crippen LogP contribution in [0, 0.1) is 15.6 Å². The second-order valence-electron chi connectivity index (χ2n) is 3.18. The van der Waals surface area contributed by atoms with Crippen molar-refractivity contribution in [2.45, 2.75) is 23.7 Å². The van der Waals surface area contributed by atoms with Crippen LogP contribution in [0.15, 0.2) is 10.1 Å². The van der Waals surface area contributed by atoms with Crippen LogP contribution in [0.2, 0.25) is 0 Å². The second-order valence-corrected chi connectivity index (χ2v) is 3.97. The van der Waals surface area contributed by atoms with Crippen LogP contribution < -0.4 is 5.73 Å². The van der Waals surface area contributed by atoms with Crippen LogP contribution in [-0.4, -0.2) is 9.97 Å². The van der Waals surface area contributed by atoms with Crippen LogP contribution in [0.5, 0.6) is 0 Å². The molecule has 1 aromatic heterocycles. The van der Waals surface area contributed by atoms with Crippen molar-refractivity contribution in [1.82, 2.24) is 9.97 Å². The molecule has 1 aliphatic rings. The molecule has 1 heterocycles. The van der Waals surface area contributed by atoms with Gasteiger partial charge in [0.05, 0.1) is 0 Å². The number of nitrogens with zero attached hydrogens (tertiary/aromatic N) is 4. The number of nitriles is 1. The largest absolute Gasteiger partial charge is 0.383 e. The van der Waals surface area contributed by atoms with E-state index in [0.29, 0.717) is 11.7 Å². The molecule has 1 fully saturated rings. The highest BCUT2D eigenvalue weighted by molar-refractivity contribution is 8.04. The highest BCUT2D eigenvalue weighted by Crippen LogP contribution is 2.41. The summed E-state index contributed by atoms with van der Waals surface area (Å²) >= 11 is 0.756. The van der Waals surface area contributed by atoms with Crippen molar-refractivity contribution in [3.05, 3.63) is 10.7 Å². The first-order valence-corrected chi connectivity index (χ1v) is 5.14. The molecular weight excluding hydrogens is 214 g/mol. The van der Waals surface area contributed by atoms with E-state index in [1.54, 1.807) is 0 Å². The molecule has 0 aliphatic heterocycles. The summed E-state index contributed by atoms with van der Waals surface area (Å²) in [6.45, 7) is 0. The first kappa shape index (κ1) is 9.86. The van der Waals surface area contributed by atoms with Crippen LogP contribution in [0.1, 0.15) is 24.6 Å². The number of anilines is 1. The number of nitrogen functional groups attached to an aromatic ring is 1. The molecule has 0 bridgehead atoms. The lowest BCUT2D eigenvalue weighted by atomic mass is 10.4. The van der Waals surface area contributed by atoms with E-state index >= 15 is 0 Å². The van der Waals surface area contributed by atoms with Gasteiger partial charge in [-0.25, -0.2) is 9.97 Å². The first-order valence-electron chi connectivity index (χ1n) is 4.33. The van der Waals surface area contributed by atoms with Gasteiger partial charge in [-0.1, -0.05) is 0 Å². The zero-order valence-corrected chi connectivity index (χ0v) is 8.49. The third kappa shape index (κ3) is 1.89. The van der Waals surface area contributed by atoms with Crippen LogP contribution >= 0.6 is 11.8 Å². The number of nitroso groups, excluding NO2 is 1. The van der Waals surface area contributed by atoms with Gasteiger partial charge < -0.3 is 5.73 Å². The first-order chi connectivity index (χ1) is 7.26. The zero-order valence-electron chi connectivity index (χ0n) is 7.67. The second kappa shape index (κ2) is 3.82. The summed E-state index contributed by atoms with van der Waals surface area (Å²) in [6, 6.07) is 0. The Labute approximate surface area is 89.9 Å². The van der Waals surface area contributed by atoms with E-state index < -0.39 is 0 Å². The van der Waals surface area contributed by atoms with E-state index in [1.807, 2.05) is 5.40 Å². The average Bonchev–Trinajstić information content (AvgIpc) is 3.04. The molecule has 76 valence electrons. The molecule has 0 atom stereocenters. The highest BCUT2D eigenvalue weighted by atomic mass is 32.2. The standard InChI is InChI=1S/C8H7N5OS/c9-3-15-5-6(10)11-7(4-1-2-4)12-8(5)13-14/h4H,1-2H2,(H2,10,11,12). The Balaban J connectivity index is 2.46. The van der Waals surface area contributed by atoms with Gasteiger partial charge in [0.25, 0.3) is 0 Å². The third-order valence-corrected chi connectivity index (χ3v) is 2.75. The predicted octanol–water partition coefficient (Wildman–Crippen LogP) is 1.91. The molecule has 0 saturated heterocycles. The molecule has 0 spiro atoms. The minimum atomic E-state index is -0.0315. The number of hydrogen-bond acceptors (Lipinski definition) is 7. The van der Waals surface area contributed by atoms with Gasteiger partial charge >= 0.3 is 0 Å². The fourth-order valence-corrected chi connectivity index (χ4v) is 1.62. The summed E-state index contributed by atoms with van der Waals surface area (Å²) in [5.74, 6) is 0.988. The van der Waals surface area contributed by atoms with Crippen LogP contribution in [-0.2, 0) is 0 Å². The number of hydrogen-bond donors (Lipinski definition) is 1. The Bertz CT molecular complexity index is 451. The van der Waals surface area contributed by atoms with Crippen molar-refractivity contribution >= 4 is 23.4 Å². The average molecular weight is 221 g/mol. The Morgan fingerprint density at radius 2 is 2.27 bits per heavy atom. The van der Waals surface area contributed by atoms with Crippen molar-refractivity contribution < 1.29 is 0 Å². The van der Waals surface area contributed by atoms with Gasteiger partial charge in [0.1, 0.15) is 21.9 Å². The SMILES string of the molecule is N#CSc1c(N)nc(C2CC2)nc1N=O. The van der Waals surface area contributed by atoms with E-state index in [-0.39, 0.29) is 16.5 Å². The molecular formula is C8H7N5OS. The van der Waals surface area contributed by atoms with E-state index in [1.165, 1.54) is 0 Å². The minimum Gasteiger partial charge on any atom is -0.383 e. The van der Waals surface area contributed by atoms with Gasteiger partial charge in [-0.15, -0.1) is 4.91 Å². The molecule has 0 amide bonds. The van der Waals surface area contributed by atoms with Gasteiger partial charge in [0, 0.05) is 5.92 Å². The lowest BCUT2D eigenvalue weighted by Crippen LogP contribution is -2.00. The molecule has 2 N–H and O–H groups in total. The van der Waals surface area contributed by atoms with Gasteiger partial charge in [0.15, 0.2) is 0 Å². The summed E-state index contributed by atoms with van der Waals surface area (Å²) in [4.78, 5) is 18.8. The summed E-state index contributed by atoms with van der Waals surface area (Å²) in [5, 5.41) is 13.1. The third-order valence-electron chi connectivity index (χ3n) is 2.07. The summed E-state index contributed by atoms with van der Waals surface area (Å²) in [7, 11) is 0. The molecule has 1 aliphatic carbocycles. The monoisotopic (exact) mass is 221 g/mol. The van der Waals surface area contributed by atoms with Crippen LogP contribution in [0.25, 0.3) is 0 Å². The Morgan fingerprint density at radius 1 is 1.53 bits per heavy atom. The maximum absolute atomic E-state index is 10.5. The molecule has 1 aromatic rings. The van der Waals surface area contributed by atoms with Crippen molar-refractivity contribution in [1.29, 1.82) is 5.26 Å². The number of thiocyanates is 1. The van der Waals surface area contributed by atoms with Crippen molar-refractivity contribution in [2.24, 2.45) is 5.18 Å². The molecule has 7 heteroatoms. The molecule has 0 radical (unpaired) electrons. The Kier molecular flexibility index (Phi) is 2.51. The topological polar surface area (TPSA) is 105 Å². The summed E-state index contributed by atoms with van der Waals surface area (Å²) < 4.78 is 0. The maximum Gasteiger partial charge on any atom is 0.216 e. The molecule has 15 heavy (non-hydrogen) atoms. The fourth-order valence-electron chi connectivity index (χ4n) is 1.20. The van der Waals surface area contributed by atoms with Crippen LogP contribution in [0.4, 0.5) is 11.6 Å². The van der Waals surface area contributed by atoms with Crippen molar-refractivity contribution in [3.63, 3.8) is 0 Å². The molecule has 6 nitrogen and oxygen atoms in total. The molecule has 1 saturated carbocycles. The summed E-state index contributed by atoms with van der Waals surface area (Å²) in [6.07, 6.45) is 2.03. The quantitative estimate of drug-likeness (QED) is 0.474. The van der Waals surface area contributed by atoms with E-state index in [9.17, 15) is 4.91 Å². The van der Waals surface area contributed by atoms with Gasteiger partial charge in [-0.2, -0.15) is 5.26 Å². The normalized spacial score (nSPS) is 14.6. The maximum atomic E-state index is 10.5. The van der Waals surface area contributed by atoms with Crippen molar-refractivity contribution in [2.75, 3.05) is 5.73 Å². The lowest BCUT2D eigenvalue weighted by Gasteiger charge is -2.03. The van der Waals surface area contributed by atoms with Crippen molar-refractivity contribution in [3.8, 4) is 5.40 Å². The summed E-state index contributed by atoms with van der Waals surface area (Å²) in [5.41, 5.74) is 5.63. The number of nitrogens with two attached hydrogens (primary N) is 1. The Morgan fingerprint density at radius 3 is 2.80 bits per heavy atom. The molecule has 0 unspecified atom stereocenters. The van der Waals surface area contributed by atoms with Gasteiger partial charge in [-0.3, -0.25) is 0 Å². The number of aromatic nitrogens is 2. The number of thioether (sulfide) groups is 1. The molecule has 0 aromatic carbocycles. The number of rotatable bonds is 3. The minimum absolute atomic E-state index is 0.0315. The van der Waals surface area contributed by atoms with Gasteiger partial charge in [0.2, 0.25) is 5.82 Å². The zero-order chi connectivity index (χ0) is 10.8. The Hall–Kier alpha value is -1.68. The van der Waals surface area contributed by atoms with E-state index in [4.69, 9.17) is 11.0 Å². The van der Waals surface area contributed by atoms with Gasteiger partial charge in [-0.05, 0) is 29.8 Å². The van der Waals surface area contributed by atoms with E-state index in [2.05, 4.69) is 15.1 Å². The fraction of sp³-hybridized carbons (Fsp3) is 0.375. The molecule has 2 rings (SSSR count). The smallest absolute Gasteiger partial charge is 0.216 e. The van der Waals surface area contributed by atoms with E-state index in [0.717, 1.165) is 24.6 Å². The highest BCUT2D eigenvalue weighted by Gasteiger charge is 2.28. The predicted molar refractivity (Wildman–Crippen MR) is 55.3 cm³/mol.